The average Bonchev–Trinajstić information content (AvgIpc) is 2.95. The lowest BCUT2D eigenvalue weighted by atomic mass is 9.45. The third kappa shape index (κ3) is 3.35. The minimum absolute atomic E-state index is 0.00823. The minimum atomic E-state index is -0.0203. The molecule has 4 saturated carbocycles. The summed E-state index contributed by atoms with van der Waals surface area (Å²) in [5.41, 5.74) is 0.365. The van der Waals surface area contributed by atoms with Crippen LogP contribution in [0.2, 0.25) is 0 Å². The van der Waals surface area contributed by atoms with Crippen molar-refractivity contribution >= 4 is 11.8 Å². The molecule has 0 spiro atoms. The second-order valence-corrected chi connectivity index (χ2v) is 11.4. The normalized spacial score (nSPS) is 45.3. The summed E-state index contributed by atoms with van der Waals surface area (Å²) in [7, 11) is 0. The SMILES string of the molecule is CC(C)CCC(=O)OC1CC[C@]2(C)C3CC[C@]4(C)C(=O)CCC4C3CC[C@H]2C1. The van der Waals surface area contributed by atoms with Gasteiger partial charge in [0, 0.05) is 18.3 Å². The predicted octanol–water partition coefficient (Wildman–Crippen LogP) is 5.95. The third-order valence-electron chi connectivity index (χ3n) is 9.55. The van der Waals surface area contributed by atoms with Gasteiger partial charge in [-0.1, -0.05) is 27.7 Å². The molecule has 0 bridgehead atoms. The van der Waals surface area contributed by atoms with E-state index in [9.17, 15) is 9.59 Å². The lowest BCUT2D eigenvalue weighted by molar-refractivity contribution is -0.162. The smallest absolute Gasteiger partial charge is 0.306 e. The van der Waals surface area contributed by atoms with Crippen molar-refractivity contribution < 1.29 is 14.3 Å². The Morgan fingerprint density at radius 1 is 1.07 bits per heavy atom. The topological polar surface area (TPSA) is 43.4 Å². The zero-order valence-corrected chi connectivity index (χ0v) is 18.5. The summed E-state index contributed by atoms with van der Waals surface area (Å²) in [5.74, 6) is 3.94. The van der Waals surface area contributed by atoms with Crippen molar-refractivity contribution in [3.05, 3.63) is 0 Å². The summed E-state index contributed by atoms with van der Waals surface area (Å²) in [6.45, 7) is 9.12. The standard InChI is InChI=1S/C25H40O3/c1-16(2)5-10-23(27)28-18-11-13-24(3)17(15-18)6-7-19-20-8-9-22(26)25(20,4)14-12-21(19)24/h16-21H,5-15H2,1-4H3/t17-,18?,19?,20?,21?,24-,25-/m0/s1. The lowest BCUT2D eigenvalue weighted by Gasteiger charge is -2.60. The van der Waals surface area contributed by atoms with Gasteiger partial charge in [0.25, 0.3) is 0 Å². The molecular formula is C25H40O3. The Morgan fingerprint density at radius 2 is 1.86 bits per heavy atom. The van der Waals surface area contributed by atoms with E-state index in [1.807, 2.05) is 0 Å². The Labute approximate surface area is 171 Å². The van der Waals surface area contributed by atoms with Gasteiger partial charge in [-0.25, -0.2) is 0 Å². The molecule has 4 aliphatic rings. The molecule has 0 aromatic carbocycles. The van der Waals surface area contributed by atoms with Crippen LogP contribution in [-0.4, -0.2) is 17.9 Å². The van der Waals surface area contributed by atoms with Gasteiger partial charge in [0.15, 0.2) is 0 Å². The van der Waals surface area contributed by atoms with Gasteiger partial charge in [-0.15, -0.1) is 0 Å². The molecule has 0 aromatic rings. The molecule has 4 aliphatic carbocycles. The Hall–Kier alpha value is -0.860. The summed E-state index contributed by atoms with van der Waals surface area (Å²) in [6, 6.07) is 0. The first-order chi connectivity index (χ1) is 13.2. The van der Waals surface area contributed by atoms with E-state index in [0.717, 1.165) is 50.4 Å². The molecule has 0 aliphatic heterocycles. The molecule has 0 N–H and O–H groups in total. The second kappa shape index (κ2) is 7.43. The number of ether oxygens (including phenoxy) is 1. The molecule has 4 rings (SSSR count). The molecule has 158 valence electrons. The van der Waals surface area contributed by atoms with Crippen LogP contribution < -0.4 is 0 Å². The largest absolute Gasteiger partial charge is 0.462 e. The second-order valence-electron chi connectivity index (χ2n) is 11.4. The summed E-state index contributed by atoms with van der Waals surface area (Å²) < 4.78 is 5.89. The Morgan fingerprint density at radius 3 is 2.61 bits per heavy atom. The van der Waals surface area contributed by atoms with Gasteiger partial charge in [-0.05, 0) is 92.8 Å². The monoisotopic (exact) mass is 388 g/mol. The van der Waals surface area contributed by atoms with E-state index >= 15 is 0 Å². The van der Waals surface area contributed by atoms with Crippen molar-refractivity contribution in [2.24, 2.45) is 40.4 Å². The molecule has 28 heavy (non-hydrogen) atoms. The molecule has 0 aromatic heterocycles. The Bertz CT molecular complexity index is 625. The molecule has 3 nitrogen and oxygen atoms in total. The number of esters is 1. The van der Waals surface area contributed by atoms with Gasteiger partial charge in [0.1, 0.15) is 11.9 Å². The van der Waals surface area contributed by atoms with Gasteiger partial charge < -0.3 is 4.74 Å². The zero-order valence-electron chi connectivity index (χ0n) is 18.5. The molecular weight excluding hydrogens is 348 g/mol. The summed E-state index contributed by atoms with van der Waals surface area (Å²) in [5, 5.41) is 0. The maximum absolute atomic E-state index is 12.6. The van der Waals surface area contributed by atoms with Crippen LogP contribution in [0.5, 0.6) is 0 Å². The van der Waals surface area contributed by atoms with Crippen LogP contribution in [0.1, 0.15) is 98.3 Å². The molecule has 7 atom stereocenters. The van der Waals surface area contributed by atoms with E-state index < -0.39 is 0 Å². The van der Waals surface area contributed by atoms with Gasteiger partial charge >= 0.3 is 5.97 Å². The molecule has 0 heterocycles. The summed E-state index contributed by atoms with van der Waals surface area (Å²) in [6.07, 6.45) is 11.7. The van der Waals surface area contributed by atoms with Crippen molar-refractivity contribution in [3.63, 3.8) is 0 Å². The Kier molecular flexibility index (Phi) is 5.42. The van der Waals surface area contributed by atoms with E-state index in [0.29, 0.717) is 35.4 Å². The number of ketones is 1. The number of Topliss-reactive ketones (excluding diaryl/α,β-unsaturated/α-hetero) is 1. The number of hydrogen-bond donors (Lipinski definition) is 0. The highest BCUT2D eigenvalue weighted by molar-refractivity contribution is 5.87. The van der Waals surface area contributed by atoms with Crippen molar-refractivity contribution in [1.29, 1.82) is 0 Å². The fraction of sp³-hybridized carbons (Fsp3) is 0.920. The first kappa shape index (κ1) is 20.4. The maximum atomic E-state index is 12.6. The van der Waals surface area contributed by atoms with E-state index in [1.165, 1.54) is 25.7 Å². The lowest BCUT2D eigenvalue weighted by Crippen LogP contribution is -2.54. The number of hydrogen-bond acceptors (Lipinski definition) is 3. The first-order valence-electron chi connectivity index (χ1n) is 12.0. The molecule has 0 amide bonds. The summed E-state index contributed by atoms with van der Waals surface area (Å²) >= 11 is 0. The number of carbonyl (C=O) groups is 2. The number of fused-ring (bicyclic) bond motifs is 5. The van der Waals surface area contributed by atoms with Crippen LogP contribution in [-0.2, 0) is 14.3 Å². The van der Waals surface area contributed by atoms with Crippen LogP contribution >= 0.6 is 0 Å². The van der Waals surface area contributed by atoms with E-state index in [1.54, 1.807) is 0 Å². The fourth-order valence-corrected chi connectivity index (χ4v) is 7.75. The third-order valence-corrected chi connectivity index (χ3v) is 9.55. The molecule has 0 radical (unpaired) electrons. The van der Waals surface area contributed by atoms with Crippen molar-refractivity contribution in [2.45, 2.75) is 104 Å². The Balaban J connectivity index is 1.41. The highest BCUT2D eigenvalue weighted by atomic mass is 16.5. The van der Waals surface area contributed by atoms with E-state index in [2.05, 4.69) is 27.7 Å². The van der Waals surface area contributed by atoms with Crippen molar-refractivity contribution in [1.82, 2.24) is 0 Å². The summed E-state index contributed by atoms with van der Waals surface area (Å²) in [4.78, 5) is 24.8. The fourth-order valence-electron chi connectivity index (χ4n) is 7.75. The minimum Gasteiger partial charge on any atom is -0.462 e. The van der Waals surface area contributed by atoms with Crippen molar-refractivity contribution in [3.8, 4) is 0 Å². The average molecular weight is 389 g/mol. The zero-order chi connectivity index (χ0) is 20.1. The molecule has 3 heteroatoms. The van der Waals surface area contributed by atoms with E-state index in [4.69, 9.17) is 4.74 Å². The van der Waals surface area contributed by atoms with Crippen LogP contribution in [0.3, 0.4) is 0 Å². The maximum Gasteiger partial charge on any atom is 0.306 e. The first-order valence-corrected chi connectivity index (χ1v) is 12.0. The molecule has 0 saturated heterocycles. The quantitative estimate of drug-likeness (QED) is 0.559. The van der Waals surface area contributed by atoms with Gasteiger partial charge in [0.05, 0.1) is 0 Å². The van der Waals surface area contributed by atoms with Crippen molar-refractivity contribution in [2.75, 3.05) is 0 Å². The van der Waals surface area contributed by atoms with E-state index in [-0.39, 0.29) is 17.5 Å². The van der Waals surface area contributed by atoms with Crippen LogP contribution in [0, 0.1) is 40.4 Å². The van der Waals surface area contributed by atoms with Crippen LogP contribution in [0.25, 0.3) is 0 Å². The molecule has 4 unspecified atom stereocenters. The van der Waals surface area contributed by atoms with Gasteiger partial charge in [-0.2, -0.15) is 0 Å². The van der Waals surface area contributed by atoms with Gasteiger partial charge in [-0.3, -0.25) is 9.59 Å². The number of rotatable bonds is 4. The highest BCUT2D eigenvalue weighted by Gasteiger charge is 2.60. The van der Waals surface area contributed by atoms with Crippen LogP contribution in [0.15, 0.2) is 0 Å². The van der Waals surface area contributed by atoms with Gasteiger partial charge in [0.2, 0.25) is 0 Å². The number of carbonyl (C=O) groups excluding carboxylic acids is 2. The predicted molar refractivity (Wildman–Crippen MR) is 111 cm³/mol. The molecule has 4 fully saturated rings. The highest BCUT2D eigenvalue weighted by Crippen LogP contribution is 2.65. The van der Waals surface area contributed by atoms with Crippen LogP contribution in [0.4, 0.5) is 0 Å².